The van der Waals surface area contributed by atoms with Crippen molar-refractivity contribution in [1.29, 1.82) is 0 Å². The Morgan fingerprint density at radius 2 is 1.75 bits per heavy atom. The Bertz CT molecular complexity index is 969. The summed E-state index contributed by atoms with van der Waals surface area (Å²) in [5.74, 6) is 0. The normalized spacial score (nSPS) is 12.0. The van der Waals surface area contributed by atoms with E-state index in [4.69, 9.17) is 0 Å². The van der Waals surface area contributed by atoms with Gasteiger partial charge in [0.2, 0.25) is 10.0 Å². The number of nitrogens with one attached hydrogen (secondary N) is 2. The molecule has 152 valence electrons. The summed E-state index contributed by atoms with van der Waals surface area (Å²) in [5, 5.41) is 5.08. The van der Waals surface area contributed by atoms with E-state index in [1.807, 2.05) is 31.2 Å². The second-order valence-corrected chi connectivity index (χ2v) is 8.06. The zero-order valence-electron chi connectivity index (χ0n) is 15.5. The molecule has 2 N–H and O–H groups in total. The Morgan fingerprint density at radius 3 is 2.50 bits per heavy atom. The lowest BCUT2D eigenvalue weighted by molar-refractivity contribution is 0.537. The van der Waals surface area contributed by atoms with Crippen LogP contribution in [0.1, 0.15) is 12.5 Å². The molecular weight excluding hydrogens is 417 g/mol. The summed E-state index contributed by atoms with van der Waals surface area (Å²) in [7, 11) is -3.55. The predicted octanol–water partition coefficient (Wildman–Crippen LogP) is 3.58. The molecule has 0 saturated carbocycles. The third-order valence-corrected chi connectivity index (χ3v) is 5.75. The fraction of sp³-hybridized carbons (Fsp3) is 0.250. The van der Waals surface area contributed by atoms with E-state index in [-0.39, 0.29) is 35.8 Å². The molecule has 1 heterocycles. The molecule has 2 aromatic carbocycles. The first-order chi connectivity index (χ1) is 12.5. The van der Waals surface area contributed by atoms with Crippen molar-refractivity contribution in [2.24, 2.45) is 0 Å². The summed E-state index contributed by atoms with van der Waals surface area (Å²) in [6.07, 6.45) is 4.29. The molecule has 0 saturated heterocycles. The van der Waals surface area contributed by atoms with Crippen LogP contribution in [0.5, 0.6) is 0 Å². The van der Waals surface area contributed by atoms with Crippen LogP contribution in [0.4, 0.5) is 0 Å². The van der Waals surface area contributed by atoms with E-state index in [2.05, 4.69) is 27.2 Å². The van der Waals surface area contributed by atoms with Gasteiger partial charge in [0, 0.05) is 30.4 Å². The largest absolute Gasteiger partial charge is 0.315 e. The van der Waals surface area contributed by atoms with Gasteiger partial charge in [-0.25, -0.2) is 13.1 Å². The van der Waals surface area contributed by atoms with Gasteiger partial charge in [0.25, 0.3) is 0 Å². The molecule has 3 rings (SSSR count). The molecule has 28 heavy (non-hydrogen) atoms. The maximum Gasteiger partial charge on any atom is 0.240 e. The summed E-state index contributed by atoms with van der Waals surface area (Å²) in [4.78, 5) is 4.31. The molecule has 0 bridgehead atoms. The van der Waals surface area contributed by atoms with Crippen LogP contribution in [0.3, 0.4) is 0 Å². The van der Waals surface area contributed by atoms with Crippen molar-refractivity contribution in [1.82, 2.24) is 15.0 Å². The molecule has 3 aromatic rings. The zero-order valence-corrected chi connectivity index (χ0v) is 18.0. The molecule has 0 fully saturated rings. The number of sulfonamides is 1. The minimum absolute atomic E-state index is 0. The third-order valence-electron chi connectivity index (χ3n) is 4.16. The summed E-state index contributed by atoms with van der Waals surface area (Å²) in [6, 6.07) is 16.9. The van der Waals surface area contributed by atoms with Crippen LogP contribution in [-0.2, 0) is 16.4 Å². The lowest BCUT2D eigenvalue weighted by atomic mass is 10.1. The van der Waals surface area contributed by atoms with Gasteiger partial charge in [0.15, 0.2) is 0 Å². The highest BCUT2D eigenvalue weighted by Crippen LogP contribution is 2.18. The molecule has 0 amide bonds. The quantitative estimate of drug-likeness (QED) is 0.524. The maximum absolute atomic E-state index is 12.6. The van der Waals surface area contributed by atoms with Gasteiger partial charge in [-0.05, 0) is 49.0 Å². The van der Waals surface area contributed by atoms with Gasteiger partial charge in [0.1, 0.15) is 0 Å². The lowest BCUT2D eigenvalue weighted by Gasteiger charge is -2.15. The average molecular weight is 442 g/mol. The van der Waals surface area contributed by atoms with E-state index in [1.54, 1.807) is 30.6 Å². The highest BCUT2D eigenvalue weighted by Gasteiger charge is 2.17. The molecule has 1 atom stereocenters. The van der Waals surface area contributed by atoms with Crippen LogP contribution in [0.15, 0.2) is 71.9 Å². The van der Waals surface area contributed by atoms with E-state index in [0.717, 1.165) is 23.7 Å². The van der Waals surface area contributed by atoms with Gasteiger partial charge in [-0.1, -0.05) is 36.4 Å². The Kier molecular flexibility index (Phi) is 9.85. The first-order valence-corrected chi connectivity index (χ1v) is 10.1. The zero-order chi connectivity index (χ0) is 18.4. The number of rotatable bonds is 8. The van der Waals surface area contributed by atoms with Gasteiger partial charge in [0.05, 0.1) is 4.90 Å². The molecular formula is C20H25Cl2N3O2S. The summed E-state index contributed by atoms with van der Waals surface area (Å²) in [5.41, 5.74) is 1.26. The standard InChI is InChI=1S/C20H23N3O2S.2ClH/c1-16(14-21-11-9-17-5-3-2-4-6-17)23-26(24,25)20-8-7-19-15-22-12-10-18(19)13-20;;/h2-8,10,12-13,15-16,21,23H,9,11,14H2,1H3;2*1H/t16-;;/m0../s1. The van der Waals surface area contributed by atoms with E-state index < -0.39 is 10.0 Å². The van der Waals surface area contributed by atoms with Crippen molar-refractivity contribution in [3.8, 4) is 0 Å². The van der Waals surface area contributed by atoms with Crippen molar-refractivity contribution >= 4 is 45.6 Å². The number of aromatic nitrogens is 1. The highest BCUT2D eigenvalue weighted by molar-refractivity contribution is 7.89. The van der Waals surface area contributed by atoms with Crippen molar-refractivity contribution in [3.05, 3.63) is 72.6 Å². The molecule has 0 radical (unpaired) electrons. The second kappa shape index (κ2) is 11.3. The van der Waals surface area contributed by atoms with Crippen molar-refractivity contribution in [3.63, 3.8) is 0 Å². The lowest BCUT2D eigenvalue weighted by Crippen LogP contribution is -2.40. The third kappa shape index (κ3) is 6.72. The summed E-state index contributed by atoms with van der Waals surface area (Å²) >= 11 is 0. The van der Waals surface area contributed by atoms with Crippen LogP contribution >= 0.6 is 24.8 Å². The monoisotopic (exact) mass is 441 g/mol. The molecule has 0 unspecified atom stereocenters. The van der Waals surface area contributed by atoms with Crippen LogP contribution in [0.2, 0.25) is 0 Å². The van der Waals surface area contributed by atoms with Crippen LogP contribution in [0, 0.1) is 0 Å². The fourth-order valence-corrected chi connectivity index (χ4v) is 4.08. The molecule has 1 aromatic heterocycles. The fourth-order valence-electron chi connectivity index (χ4n) is 2.80. The van der Waals surface area contributed by atoms with Crippen LogP contribution in [0.25, 0.3) is 10.8 Å². The summed E-state index contributed by atoms with van der Waals surface area (Å²) < 4.78 is 27.9. The van der Waals surface area contributed by atoms with E-state index in [1.165, 1.54) is 5.56 Å². The SMILES string of the molecule is C[C@@H](CNCCc1ccccc1)NS(=O)(=O)c1ccc2cnccc2c1.Cl.Cl. The minimum atomic E-state index is -3.55. The summed E-state index contributed by atoms with van der Waals surface area (Å²) in [6.45, 7) is 3.24. The number of halogens is 2. The Hall–Kier alpha value is -1.70. The second-order valence-electron chi connectivity index (χ2n) is 6.35. The first-order valence-electron chi connectivity index (χ1n) is 8.65. The number of pyridine rings is 1. The first kappa shape index (κ1) is 24.3. The van der Waals surface area contributed by atoms with Crippen molar-refractivity contribution in [2.75, 3.05) is 13.1 Å². The van der Waals surface area contributed by atoms with Crippen molar-refractivity contribution in [2.45, 2.75) is 24.3 Å². The van der Waals surface area contributed by atoms with Gasteiger partial charge in [-0.3, -0.25) is 4.98 Å². The molecule has 8 heteroatoms. The number of nitrogens with zero attached hydrogens (tertiary/aromatic N) is 1. The smallest absolute Gasteiger partial charge is 0.240 e. The van der Waals surface area contributed by atoms with Crippen LogP contribution in [-0.4, -0.2) is 32.5 Å². The Morgan fingerprint density at radius 1 is 1.00 bits per heavy atom. The van der Waals surface area contributed by atoms with E-state index >= 15 is 0 Å². The Balaban J connectivity index is 0.00000196. The topological polar surface area (TPSA) is 71.1 Å². The van der Waals surface area contributed by atoms with Crippen molar-refractivity contribution < 1.29 is 8.42 Å². The van der Waals surface area contributed by atoms with E-state index in [9.17, 15) is 8.42 Å². The van der Waals surface area contributed by atoms with Gasteiger partial charge >= 0.3 is 0 Å². The minimum Gasteiger partial charge on any atom is -0.315 e. The molecule has 0 aliphatic rings. The molecule has 0 aliphatic carbocycles. The molecule has 0 spiro atoms. The Labute approximate surface area is 178 Å². The molecule has 5 nitrogen and oxygen atoms in total. The van der Waals surface area contributed by atoms with Crippen LogP contribution < -0.4 is 10.0 Å². The predicted molar refractivity (Wildman–Crippen MR) is 119 cm³/mol. The van der Waals surface area contributed by atoms with E-state index in [0.29, 0.717) is 6.54 Å². The highest BCUT2D eigenvalue weighted by atomic mass is 35.5. The number of benzene rings is 2. The number of hydrogen-bond acceptors (Lipinski definition) is 4. The van der Waals surface area contributed by atoms with Gasteiger partial charge < -0.3 is 5.32 Å². The number of hydrogen-bond donors (Lipinski definition) is 2. The maximum atomic E-state index is 12.6. The van der Waals surface area contributed by atoms with Gasteiger partial charge in [-0.15, -0.1) is 24.8 Å². The number of fused-ring (bicyclic) bond motifs is 1. The molecule has 0 aliphatic heterocycles. The van der Waals surface area contributed by atoms with Gasteiger partial charge in [-0.2, -0.15) is 0 Å². The average Bonchev–Trinajstić information content (AvgIpc) is 2.65.